The Labute approximate surface area is 219 Å². The number of nitrogens with one attached hydrogen (secondary N) is 1. The fourth-order valence-electron chi connectivity index (χ4n) is 4.91. The molecule has 1 aromatic heterocycles. The molecule has 0 bridgehead atoms. The van der Waals surface area contributed by atoms with E-state index < -0.39 is 17.6 Å². The molecule has 1 fully saturated rings. The van der Waals surface area contributed by atoms with Crippen LogP contribution in [0.3, 0.4) is 0 Å². The summed E-state index contributed by atoms with van der Waals surface area (Å²) in [4.78, 5) is 17.3. The molecule has 0 saturated carbocycles. The molecule has 0 unspecified atom stereocenters. The van der Waals surface area contributed by atoms with Crippen LogP contribution in [0.25, 0.3) is 22.0 Å². The summed E-state index contributed by atoms with van der Waals surface area (Å²) in [5.41, 5.74) is 3.77. The molecule has 0 radical (unpaired) electrons. The Morgan fingerprint density at radius 3 is 2.47 bits per heavy atom. The van der Waals surface area contributed by atoms with Crippen molar-refractivity contribution < 1.29 is 18.0 Å². The van der Waals surface area contributed by atoms with Gasteiger partial charge in [-0.1, -0.05) is 18.2 Å². The third-order valence-corrected chi connectivity index (χ3v) is 7.22. The van der Waals surface area contributed by atoms with Crippen molar-refractivity contribution in [3.05, 3.63) is 83.0 Å². The molecular formula is C29H30F3N5O. The minimum Gasteiger partial charge on any atom is -0.322 e. The molecule has 0 atom stereocenters. The quantitative estimate of drug-likeness (QED) is 0.373. The number of rotatable bonds is 5. The number of nitrogens with zero attached hydrogens (tertiary/aromatic N) is 4. The lowest BCUT2D eigenvalue weighted by atomic mass is 9.97. The number of likely N-dealkylation sites (N-methyl/N-ethyl adjacent to an activating group) is 1. The van der Waals surface area contributed by atoms with Crippen molar-refractivity contribution in [3.8, 4) is 11.1 Å². The normalized spacial score (nSPS) is 15.2. The van der Waals surface area contributed by atoms with E-state index in [9.17, 15) is 18.0 Å². The van der Waals surface area contributed by atoms with Gasteiger partial charge in [0.2, 0.25) is 0 Å². The molecular weight excluding hydrogens is 491 g/mol. The molecule has 1 amide bonds. The Morgan fingerprint density at radius 1 is 0.974 bits per heavy atom. The van der Waals surface area contributed by atoms with Gasteiger partial charge in [-0.15, -0.1) is 0 Å². The van der Waals surface area contributed by atoms with E-state index in [1.54, 1.807) is 29.1 Å². The number of hydrogen-bond acceptors (Lipinski definition) is 4. The molecule has 9 heteroatoms. The average Bonchev–Trinajstić information content (AvgIpc) is 3.25. The Hall–Kier alpha value is -3.69. The van der Waals surface area contributed by atoms with Gasteiger partial charge in [0.25, 0.3) is 5.91 Å². The maximum absolute atomic E-state index is 14.0. The van der Waals surface area contributed by atoms with E-state index in [-0.39, 0.29) is 17.8 Å². The van der Waals surface area contributed by atoms with Gasteiger partial charge in [0.1, 0.15) is 0 Å². The first kappa shape index (κ1) is 25.9. The van der Waals surface area contributed by atoms with E-state index in [0.29, 0.717) is 5.56 Å². The molecule has 3 aromatic carbocycles. The highest BCUT2D eigenvalue weighted by Crippen LogP contribution is 2.35. The first-order chi connectivity index (χ1) is 18.1. The van der Waals surface area contributed by atoms with Crippen LogP contribution in [0.15, 0.2) is 60.8 Å². The van der Waals surface area contributed by atoms with Gasteiger partial charge in [-0.25, -0.2) is 0 Å². The van der Waals surface area contributed by atoms with Gasteiger partial charge in [-0.2, -0.15) is 18.3 Å². The van der Waals surface area contributed by atoms with Gasteiger partial charge in [0.15, 0.2) is 0 Å². The Morgan fingerprint density at radius 2 is 1.74 bits per heavy atom. The smallest absolute Gasteiger partial charge is 0.322 e. The van der Waals surface area contributed by atoms with Crippen LogP contribution >= 0.6 is 0 Å². The van der Waals surface area contributed by atoms with Gasteiger partial charge < -0.3 is 10.2 Å². The second-order valence-corrected chi connectivity index (χ2v) is 9.97. The van der Waals surface area contributed by atoms with E-state index in [0.717, 1.165) is 59.8 Å². The standard InChI is InChI=1S/C29H30F3N5O/c1-19-4-5-21(15-25(19)20-7-9-27-23(14-20)17-33-36(27)3)28(38)34-24-8-6-22(26(16-24)29(30,31)32)18-37-12-10-35(2)11-13-37/h4-9,14-17H,10-13,18H2,1-3H3,(H,34,38). The average molecular weight is 522 g/mol. The highest BCUT2D eigenvalue weighted by atomic mass is 19.4. The van der Waals surface area contributed by atoms with Crippen molar-refractivity contribution in [2.24, 2.45) is 7.05 Å². The highest BCUT2D eigenvalue weighted by Gasteiger charge is 2.34. The monoisotopic (exact) mass is 521 g/mol. The number of carbonyl (C=O) groups is 1. The first-order valence-electron chi connectivity index (χ1n) is 12.5. The minimum absolute atomic E-state index is 0.114. The van der Waals surface area contributed by atoms with Gasteiger partial charge >= 0.3 is 6.18 Å². The van der Waals surface area contributed by atoms with Crippen LogP contribution in [0, 0.1) is 6.92 Å². The number of halogens is 3. The number of aromatic nitrogens is 2. The first-order valence-corrected chi connectivity index (χ1v) is 12.5. The minimum atomic E-state index is -4.52. The van der Waals surface area contributed by atoms with Crippen molar-refractivity contribution in [1.29, 1.82) is 0 Å². The lowest BCUT2D eigenvalue weighted by molar-refractivity contribution is -0.138. The second kappa shape index (κ2) is 10.2. The second-order valence-electron chi connectivity index (χ2n) is 9.97. The largest absolute Gasteiger partial charge is 0.416 e. The maximum Gasteiger partial charge on any atom is 0.416 e. The zero-order valence-corrected chi connectivity index (χ0v) is 21.6. The number of benzene rings is 3. The lowest BCUT2D eigenvalue weighted by Gasteiger charge is -2.33. The summed E-state index contributed by atoms with van der Waals surface area (Å²) in [6.07, 6.45) is -2.74. The van der Waals surface area contributed by atoms with Gasteiger partial charge in [0, 0.05) is 56.4 Å². The van der Waals surface area contributed by atoms with E-state index >= 15 is 0 Å². The molecule has 0 spiro atoms. The Bertz CT molecular complexity index is 1490. The topological polar surface area (TPSA) is 53.4 Å². The number of aryl methyl sites for hydroxylation is 2. The molecule has 4 aromatic rings. The van der Waals surface area contributed by atoms with E-state index in [1.165, 1.54) is 6.07 Å². The summed E-state index contributed by atoms with van der Waals surface area (Å²) in [6, 6.07) is 15.3. The van der Waals surface area contributed by atoms with E-state index in [2.05, 4.69) is 15.3 Å². The van der Waals surface area contributed by atoms with Crippen LogP contribution in [0.4, 0.5) is 18.9 Å². The van der Waals surface area contributed by atoms with Crippen LogP contribution in [-0.2, 0) is 19.8 Å². The van der Waals surface area contributed by atoms with Crippen LogP contribution < -0.4 is 5.32 Å². The number of hydrogen-bond donors (Lipinski definition) is 1. The zero-order chi connectivity index (χ0) is 27.0. The molecule has 0 aliphatic carbocycles. The molecule has 1 saturated heterocycles. The van der Waals surface area contributed by atoms with Gasteiger partial charge in [0.05, 0.1) is 17.3 Å². The van der Waals surface area contributed by atoms with Crippen molar-refractivity contribution in [3.63, 3.8) is 0 Å². The molecule has 38 heavy (non-hydrogen) atoms. The van der Waals surface area contributed by atoms with Crippen molar-refractivity contribution in [2.75, 3.05) is 38.5 Å². The Kier molecular flexibility index (Phi) is 6.98. The van der Waals surface area contributed by atoms with Crippen LogP contribution in [-0.4, -0.2) is 58.7 Å². The molecule has 1 N–H and O–H groups in total. The summed E-state index contributed by atoms with van der Waals surface area (Å²) >= 11 is 0. The summed E-state index contributed by atoms with van der Waals surface area (Å²) < 4.78 is 43.7. The van der Waals surface area contributed by atoms with E-state index in [1.807, 2.05) is 50.2 Å². The predicted molar refractivity (Wildman–Crippen MR) is 143 cm³/mol. The molecule has 5 rings (SSSR count). The SMILES string of the molecule is Cc1ccc(C(=O)Nc2ccc(CN3CCN(C)CC3)c(C(F)(F)F)c2)cc1-c1ccc2c(cnn2C)c1. The van der Waals surface area contributed by atoms with E-state index in [4.69, 9.17) is 0 Å². The summed E-state index contributed by atoms with van der Waals surface area (Å²) in [7, 11) is 3.88. The van der Waals surface area contributed by atoms with Gasteiger partial charge in [-0.05, 0) is 72.6 Å². The van der Waals surface area contributed by atoms with Crippen molar-refractivity contribution >= 4 is 22.5 Å². The number of anilines is 1. The molecule has 198 valence electrons. The third kappa shape index (κ3) is 5.44. The number of amides is 1. The van der Waals surface area contributed by atoms with Crippen LogP contribution in [0.1, 0.15) is 27.0 Å². The summed E-state index contributed by atoms with van der Waals surface area (Å²) in [5, 5.41) is 7.93. The maximum atomic E-state index is 14.0. The van der Waals surface area contributed by atoms with Crippen LogP contribution in [0.5, 0.6) is 0 Å². The summed E-state index contributed by atoms with van der Waals surface area (Å²) in [5.74, 6) is -0.464. The third-order valence-electron chi connectivity index (χ3n) is 7.22. The van der Waals surface area contributed by atoms with Crippen molar-refractivity contribution in [1.82, 2.24) is 19.6 Å². The number of carbonyl (C=O) groups excluding carboxylic acids is 1. The fourth-order valence-corrected chi connectivity index (χ4v) is 4.91. The Balaban J connectivity index is 1.38. The molecule has 2 heterocycles. The molecule has 1 aliphatic rings. The summed E-state index contributed by atoms with van der Waals surface area (Å²) in [6.45, 7) is 5.26. The van der Waals surface area contributed by atoms with Gasteiger partial charge in [-0.3, -0.25) is 14.4 Å². The predicted octanol–water partition coefficient (Wildman–Crippen LogP) is 5.57. The fraction of sp³-hybridized carbons (Fsp3) is 0.310. The highest BCUT2D eigenvalue weighted by molar-refractivity contribution is 6.05. The molecule has 6 nitrogen and oxygen atoms in total. The molecule has 1 aliphatic heterocycles. The van der Waals surface area contributed by atoms with Crippen molar-refractivity contribution in [2.45, 2.75) is 19.6 Å². The number of fused-ring (bicyclic) bond motifs is 1. The number of piperazine rings is 1. The zero-order valence-electron chi connectivity index (χ0n) is 21.6. The lowest BCUT2D eigenvalue weighted by Crippen LogP contribution is -2.44. The van der Waals surface area contributed by atoms with Crippen LogP contribution in [0.2, 0.25) is 0 Å². The number of alkyl halides is 3.